The SMILES string of the molecule is CCNCC1(c2ccc(F)cc2F)CCC(C)CC1. The zero-order valence-corrected chi connectivity index (χ0v) is 11.8. The summed E-state index contributed by atoms with van der Waals surface area (Å²) in [5.74, 6) is -0.185. The Kier molecular flexibility index (Phi) is 4.56. The van der Waals surface area contributed by atoms with E-state index in [4.69, 9.17) is 0 Å². The van der Waals surface area contributed by atoms with Gasteiger partial charge in [0.05, 0.1) is 0 Å². The Morgan fingerprint density at radius 3 is 2.53 bits per heavy atom. The van der Waals surface area contributed by atoms with Crippen molar-refractivity contribution in [2.24, 2.45) is 5.92 Å². The summed E-state index contributed by atoms with van der Waals surface area (Å²) >= 11 is 0. The number of benzene rings is 1. The van der Waals surface area contributed by atoms with Gasteiger partial charge in [0.15, 0.2) is 0 Å². The topological polar surface area (TPSA) is 12.0 Å². The number of rotatable bonds is 4. The Labute approximate surface area is 114 Å². The van der Waals surface area contributed by atoms with Gasteiger partial charge in [-0.1, -0.05) is 19.9 Å². The van der Waals surface area contributed by atoms with Crippen LogP contribution in [0.3, 0.4) is 0 Å². The van der Waals surface area contributed by atoms with Crippen molar-refractivity contribution in [3.8, 4) is 0 Å². The maximum Gasteiger partial charge on any atom is 0.129 e. The van der Waals surface area contributed by atoms with E-state index in [1.165, 1.54) is 6.07 Å². The van der Waals surface area contributed by atoms with Crippen molar-refractivity contribution in [1.29, 1.82) is 0 Å². The van der Waals surface area contributed by atoms with Crippen LogP contribution in [0.1, 0.15) is 45.1 Å². The van der Waals surface area contributed by atoms with E-state index in [9.17, 15) is 8.78 Å². The van der Waals surface area contributed by atoms with Crippen LogP contribution < -0.4 is 5.32 Å². The third-order valence-electron chi connectivity index (χ3n) is 4.45. The molecule has 1 aromatic carbocycles. The van der Waals surface area contributed by atoms with Crippen LogP contribution in [0, 0.1) is 17.6 Å². The van der Waals surface area contributed by atoms with E-state index in [1.807, 2.05) is 0 Å². The van der Waals surface area contributed by atoms with Crippen LogP contribution in [0.4, 0.5) is 8.78 Å². The molecule has 0 radical (unpaired) electrons. The predicted octanol–water partition coefficient (Wildman–Crippen LogP) is 4.02. The smallest absolute Gasteiger partial charge is 0.129 e. The van der Waals surface area contributed by atoms with Gasteiger partial charge < -0.3 is 5.32 Å². The maximum atomic E-state index is 14.1. The summed E-state index contributed by atoms with van der Waals surface area (Å²) < 4.78 is 27.2. The zero-order chi connectivity index (χ0) is 13.9. The number of nitrogens with one attached hydrogen (secondary N) is 1. The highest BCUT2D eigenvalue weighted by atomic mass is 19.1. The van der Waals surface area contributed by atoms with Crippen molar-refractivity contribution in [1.82, 2.24) is 5.32 Å². The largest absolute Gasteiger partial charge is 0.316 e. The fourth-order valence-electron chi connectivity index (χ4n) is 3.14. The monoisotopic (exact) mass is 267 g/mol. The summed E-state index contributed by atoms with van der Waals surface area (Å²) in [5, 5.41) is 3.35. The number of hydrogen-bond acceptors (Lipinski definition) is 1. The first-order chi connectivity index (χ1) is 9.07. The number of halogens is 2. The summed E-state index contributed by atoms with van der Waals surface area (Å²) in [4.78, 5) is 0. The van der Waals surface area contributed by atoms with Crippen LogP contribution in [-0.2, 0) is 5.41 Å². The van der Waals surface area contributed by atoms with Gasteiger partial charge in [0.1, 0.15) is 11.6 Å². The predicted molar refractivity (Wildman–Crippen MR) is 74.2 cm³/mol. The molecule has 0 saturated heterocycles. The summed E-state index contributed by atoms with van der Waals surface area (Å²) in [6, 6.07) is 4.03. The van der Waals surface area contributed by atoms with Crippen LogP contribution in [-0.4, -0.2) is 13.1 Å². The molecule has 0 amide bonds. The Morgan fingerprint density at radius 1 is 1.26 bits per heavy atom. The second kappa shape index (κ2) is 6.00. The Hall–Kier alpha value is -0.960. The van der Waals surface area contributed by atoms with Crippen LogP contribution >= 0.6 is 0 Å². The van der Waals surface area contributed by atoms with E-state index < -0.39 is 11.6 Å². The van der Waals surface area contributed by atoms with E-state index in [-0.39, 0.29) is 5.41 Å². The van der Waals surface area contributed by atoms with Crippen molar-refractivity contribution in [2.75, 3.05) is 13.1 Å². The molecule has 1 N–H and O–H groups in total. The molecule has 0 aliphatic heterocycles. The summed E-state index contributed by atoms with van der Waals surface area (Å²) in [7, 11) is 0. The van der Waals surface area contributed by atoms with Crippen LogP contribution in [0.25, 0.3) is 0 Å². The van der Waals surface area contributed by atoms with E-state index in [1.54, 1.807) is 6.07 Å². The van der Waals surface area contributed by atoms with Crippen molar-refractivity contribution < 1.29 is 8.78 Å². The molecule has 0 unspecified atom stereocenters. The second-order valence-electron chi connectivity index (χ2n) is 5.87. The lowest BCUT2D eigenvalue weighted by Gasteiger charge is -2.40. The van der Waals surface area contributed by atoms with Gasteiger partial charge in [0.25, 0.3) is 0 Å². The normalized spacial score (nSPS) is 27.5. The lowest BCUT2D eigenvalue weighted by molar-refractivity contribution is 0.229. The zero-order valence-electron chi connectivity index (χ0n) is 11.8. The quantitative estimate of drug-likeness (QED) is 0.868. The van der Waals surface area contributed by atoms with Crippen molar-refractivity contribution in [3.63, 3.8) is 0 Å². The van der Waals surface area contributed by atoms with Gasteiger partial charge in [-0.2, -0.15) is 0 Å². The first-order valence-electron chi connectivity index (χ1n) is 7.23. The molecule has 1 aliphatic carbocycles. The fraction of sp³-hybridized carbons (Fsp3) is 0.625. The lowest BCUT2D eigenvalue weighted by Crippen LogP contribution is -2.41. The lowest BCUT2D eigenvalue weighted by atomic mass is 9.66. The Balaban J connectivity index is 2.31. The molecule has 19 heavy (non-hydrogen) atoms. The molecule has 1 saturated carbocycles. The van der Waals surface area contributed by atoms with Gasteiger partial charge in [-0.15, -0.1) is 0 Å². The molecule has 106 valence electrons. The molecular weight excluding hydrogens is 244 g/mol. The van der Waals surface area contributed by atoms with Gasteiger partial charge in [-0.05, 0) is 49.8 Å². The first kappa shape index (κ1) is 14.4. The Morgan fingerprint density at radius 2 is 1.95 bits per heavy atom. The van der Waals surface area contributed by atoms with E-state index in [2.05, 4.69) is 19.2 Å². The van der Waals surface area contributed by atoms with Gasteiger partial charge in [-0.25, -0.2) is 8.78 Å². The van der Waals surface area contributed by atoms with E-state index >= 15 is 0 Å². The first-order valence-corrected chi connectivity index (χ1v) is 7.23. The molecular formula is C16H23F2N. The van der Waals surface area contributed by atoms with E-state index in [0.29, 0.717) is 11.5 Å². The Bertz CT molecular complexity index is 417. The highest BCUT2D eigenvalue weighted by Gasteiger charge is 2.37. The van der Waals surface area contributed by atoms with Gasteiger partial charge in [-0.3, -0.25) is 0 Å². The van der Waals surface area contributed by atoms with Crippen molar-refractivity contribution in [3.05, 3.63) is 35.4 Å². The van der Waals surface area contributed by atoms with Gasteiger partial charge in [0.2, 0.25) is 0 Å². The van der Waals surface area contributed by atoms with Crippen molar-refractivity contribution >= 4 is 0 Å². The molecule has 0 spiro atoms. The summed E-state index contributed by atoms with van der Waals surface area (Å²) in [6.45, 7) is 5.96. The molecule has 2 rings (SSSR count). The van der Waals surface area contributed by atoms with Crippen LogP contribution in [0.15, 0.2) is 18.2 Å². The average Bonchev–Trinajstić information content (AvgIpc) is 2.39. The maximum absolute atomic E-state index is 14.1. The molecule has 1 aliphatic rings. The molecule has 1 fully saturated rings. The third kappa shape index (κ3) is 3.14. The molecule has 0 heterocycles. The number of hydrogen-bond donors (Lipinski definition) is 1. The molecule has 3 heteroatoms. The minimum Gasteiger partial charge on any atom is -0.316 e. The molecule has 0 atom stereocenters. The summed E-state index contributed by atoms with van der Waals surface area (Å²) in [6.07, 6.45) is 4.18. The molecule has 1 aromatic rings. The third-order valence-corrected chi connectivity index (χ3v) is 4.45. The standard InChI is InChI=1S/C16H23F2N/c1-3-19-11-16(8-6-12(2)7-9-16)14-5-4-13(17)10-15(14)18/h4-5,10,12,19H,3,6-9,11H2,1-2H3. The molecule has 0 aromatic heterocycles. The van der Waals surface area contributed by atoms with Gasteiger partial charge >= 0.3 is 0 Å². The van der Waals surface area contributed by atoms with Crippen LogP contribution in [0.2, 0.25) is 0 Å². The molecule has 1 nitrogen and oxygen atoms in total. The minimum absolute atomic E-state index is 0.166. The average molecular weight is 267 g/mol. The minimum atomic E-state index is -0.496. The van der Waals surface area contributed by atoms with Crippen molar-refractivity contribution in [2.45, 2.75) is 44.9 Å². The van der Waals surface area contributed by atoms with Crippen LogP contribution in [0.5, 0.6) is 0 Å². The van der Waals surface area contributed by atoms with Gasteiger partial charge in [0, 0.05) is 18.0 Å². The highest BCUT2D eigenvalue weighted by molar-refractivity contribution is 5.29. The molecule has 0 bridgehead atoms. The fourth-order valence-corrected chi connectivity index (χ4v) is 3.14. The van der Waals surface area contributed by atoms with E-state index in [0.717, 1.165) is 44.8 Å². The number of likely N-dealkylation sites (N-methyl/N-ethyl adjacent to an activating group) is 1. The second-order valence-corrected chi connectivity index (χ2v) is 5.87. The summed E-state index contributed by atoms with van der Waals surface area (Å²) in [5.41, 5.74) is 0.516. The highest BCUT2D eigenvalue weighted by Crippen LogP contribution is 2.42.